The molecule has 0 aromatic heterocycles. The van der Waals surface area contributed by atoms with Gasteiger partial charge in [0.2, 0.25) is 0 Å². The summed E-state index contributed by atoms with van der Waals surface area (Å²) in [6.45, 7) is 4.03. The summed E-state index contributed by atoms with van der Waals surface area (Å²) < 4.78 is 5.53. The molecule has 17 heavy (non-hydrogen) atoms. The van der Waals surface area contributed by atoms with Gasteiger partial charge in [0.05, 0.1) is 24.9 Å². The van der Waals surface area contributed by atoms with E-state index in [9.17, 15) is 5.11 Å². The molecule has 0 bridgehead atoms. The van der Waals surface area contributed by atoms with Crippen LogP contribution in [0.3, 0.4) is 0 Å². The molecule has 5 nitrogen and oxygen atoms in total. The number of aliphatic hydroxyl groups is 2. The molecule has 0 amide bonds. The predicted molar refractivity (Wildman–Crippen MR) is 72.0 cm³/mol. The first-order valence-electron chi connectivity index (χ1n) is 5.76. The van der Waals surface area contributed by atoms with Crippen LogP contribution < -0.4 is 5.32 Å². The van der Waals surface area contributed by atoms with Crippen molar-refractivity contribution in [3.63, 3.8) is 0 Å². The number of thiocarbonyl (C=S) groups is 1. The third-order valence-corrected chi connectivity index (χ3v) is 2.88. The van der Waals surface area contributed by atoms with E-state index in [4.69, 9.17) is 22.1 Å². The summed E-state index contributed by atoms with van der Waals surface area (Å²) in [6.07, 6.45) is -0.00445. The van der Waals surface area contributed by atoms with Gasteiger partial charge in [-0.05, 0) is 32.5 Å². The van der Waals surface area contributed by atoms with Gasteiger partial charge in [0.1, 0.15) is 0 Å². The second kappa shape index (κ2) is 8.63. The van der Waals surface area contributed by atoms with E-state index in [2.05, 4.69) is 5.32 Å². The van der Waals surface area contributed by atoms with Crippen molar-refractivity contribution < 1.29 is 14.9 Å². The highest BCUT2D eigenvalue weighted by molar-refractivity contribution is 7.80. The molecule has 102 valence electrons. The Morgan fingerprint density at radius 1 is 1.41 bits per heavy atom. The molecule has 0 radical (unpaired) electrons. The van der Waals surface area contributed by atoms with Crippen LogP contribution in [0.1, 0.15) is 20.3 Å². The van der Waals surface area contributed by atoms with Crippen molar-refractivity contribution >= 4 is 17.3 Å². The summed E-state index contributed by atoms with van der Waals surface area (Å²) in [7, 11) is 3.67. The van der Waals surface area contributed by atoms with Gasteiger partial charge in [-0.2, -0.15) is 0 Å². The quantitative estimate of drug-likeness (QED) is 0.561. The fraction of sp³-hybridized carbons (Fsp3) is 0.909. The number of nitrogens with zero attached hydrogens (tertiary/aromatic N) is 1. The Bertz CT molecular complexity index is 225. The fourth-order valence-corrected chi connectivity index (χ4v) is 1.27. The van der Waals surface area contributed by atoms with E-state index in [-0.39, 0.29) is 18.8 Å². The summed E-state index contributed by atoms with van der Waals surface area (Å²) >= 11 is 5.11. The lowest BCUT2D eigenvalue weighted by atomic mass is 10.2. The monoisotopic (exact) mass is 264 g/mol. The Morgan fingerprint density at radius 3 is 2.41 bits per heavy atom. The highest BCUT2D eigenvalue weighted by Gasteiger charge is 2.18. The molecule has 0 saturated carbocycles. The van der Waals surface area contributed by atoms with Crippen LogP contribution in [0.25, 0.3) is 0 Å². The van der Waals surface area contributed by atoms with Crippen LogP contribution in [0.4, 0.5) is 0 Å². The van der Waals surface area contributed by atoms with E-state index in [0.29, 0.717) is 18.1 Å². The van der Waals surface area contributed by atoms with Crippen LogP contribution in [-0.4, -0.2) is 65.8 Å². The van der Waals surface area contributed by atoms with Gasteiger partial charge < -0.3 is 25.2 Å². The average Bonchev–Trinajstić information content (AvgIpc) is 2.23. The maximum absolute atomic E-state index is 9.62. The van der Waals surface area contributed by atoms with Gasteiger partial charge >= 0.3 is 0 Å². The lowest BCUT2D eigenvalue weighted by Gasteiger charge is -2.26. The minimum Gasteiger partial charge on any atom is -0.396 e. The highest BCUT2D eigenvalue weighted by Crippen LogP contribution is 2.01. The van der Waals surface area contributed by atoms with Gasteiger partial charge in [-0.1, -0.05) is 0 Å². The van der Waals surface area contributed by atoms with Crippen LogP contribution in [0.2, 0.25) is 0 Å². The minimum atomic E-state index is -0.561. The van der Waals surface area contributed by atoms with E-state index >= 15 is 0 Å². The van der Waals surface area contributed by atoms with E-state index in [0.717, 1.165) is 0 Å². The third-order valence-electron chi connectivity index (χ3n) is 2.39. The highest BCUT2D eigenvalue weighted by atomic mass is 32.1. The molecule has 0 aliphatic rings. The molecular formula is C11H24N2O3S. The lowest BCUT2D eigenvalue weighted by molar-refractivity contribution is 0.0120. The number of hydrogen-bond donors (Lipinski definition) is 3. The second-order valence-electron chi connectivity index (χ2n) is 4.35. The Balaban J connectivity index is 4.12. The van der Waals surface area contributed by atoms with E-state index in [1.165, 1.54) is 0 Å². The topological polar surface area (TPSA) is 65.0 Å². The SMILES string of the molecule is CC(CCO)OCC(NC(=S)N(C)C)C(C)O. The van der Waals surface area contributed by atoms with Crippen LogP contribution in [0.15, 0.2) is 0 Å². The number of aliphatic hydroxyl groups excluding tert-OH is 2. The van der Waals surface area contributed by atoms with Gasteiger partial charge in [0.15, 0.2) is 5.11 Å². The van der Waals surface area contributed by atoms with Gasteiger partial charge in [-0.25, -0.2) is 0 Å². The molecule has 3 N–H and O–H groups in total. The first-order valence-corrected chi connectivity index (χ1v) is 6.17. The van der Waals surface area contributed by atoms with Crippen molar-refractivity contribution in [2.75, 3.05) is 27.3 Å². The standard InChI is InChI=1S/C11H24N2O3S/c1-8(5-6-14)16-7-10(9(2)15)12-11(17)13(3)4/h8-10,14-15H,5-7H2,1-4H3,(H,12,17). The van der Waals surface area contributed by atoms with E-state index in [1.54, 1.807) is 11.8 Å². The number of ether oxygens (including phenoxy) is 1. The Labute approximate surface area is 109 Å². The number of rotatable bonds is 7. The minimum absolute atomic E-state index is 0.0315. The summed E-state index contributed by atoms with van der Waals surface area (Å²) in [5.41, 5.74) is 0. The summed E-state index contributed by atoms with van der Waals surface area (Å²) in [5, 5.41) is 22.0. The Hall–Kier alpha value is -0.430. The Kier molecular flexibility index (Phi) is 8.41. The molecule has 0 aliphatic heterocycles. The lowest BCUT2D eigenvalue weighted by Crippen LogP contribution is -2.49. The predicted octanol–water partition coefficient (Wildman–Crippen LogP) is -0.0406. The smallest absolute Gasteiger partial charge is 0.168 e. The van der Waals surface area contributed by atoms with Gasteiger partial charge in [-0.3, -0.25) is 0 Å². The molecular weight excluding hydrogens is 240 g/mol. The van der Waals surface area contributed by atoms with Crippen LogP contribution in [-0.2, 0) is 4.74 Å². The molecule has 0 rings (SSSR count). The summed E-state index contributed by atoms with van der Waals surface area (Å²) in [5.74, 6) is 0. The molecule has 0 aliphatic carbocycles. The molecule has 0 aromatic rings. The zero-order valence-corrected chi connectivity index (χ0v) is 11.8. The number of nitrogens with one attached hydrogen (secondary N) is 1. The largest absolute Gasteiger partial charge is 0.396 e. The molecule has 0 saturated heterocycles. The third kappa shape index (κ3) is 7.49. The summed E-state index contributed by atoms with van der Waals surface area (Å²) in [4.78, 5) is 1.77. The van der Waals surface area contributed by atoms with Crippen molar-refractivity contribution in [3.05, 3.63) is 0 Å². The first kappa shape index (κ1) is 16.6. The van der Waals surface area contributed by atoms with Crippen molar-refractivity contribution in [2.24, 2.45) is 0 Å². The van der Waals surface area contributed by atoms with Gasteiger partial charge in [0.25, 0.3) is 0 Å². The fourth-order valence-electron chi connectivity index (χ4n) is 1.12. The van der Waals surface area contributed by atoms with Crippen LogP contribution in [0, 0.1) is 0 Å². The van der Waals surface area contributed by atoms with E-state index < -0.39 is 6.10 Å². The van der Waals surface area contributed by atoms with Crippen molar-refractivity contribution in [2.45, 2.75) is 38.5 Å². The van der Waals surface area contributed by atoms with Crippen LogP contribution in [0.5, 0.6) is 0 Å². The van der Waals surface area contributed by atoms with E-state index in [1.807, 2.05) is 21.0 Å². The molecule has 0 spiro atoms. The second-order valence-corrected chi connectivity index (χ2v) is 4.73. The molecule has 0 aromatic carbocycles. The molecule has 0 heterocycles. The van der Waals surface area contributed by atoms with Crippen LogP contribution >= 0.6 is 12.2 Å². The Morgan fingerprint density at radius 2 is 2.00 bits per heavy atom. The zero-order valence-electron chi connectivity index (χ0n) is 11.0. The maximum Gasteiger partial charge on any atom is 0.168 e. The summed E-state index contributed by atoms with van der Waals surface area (Å²) in [6, 6.07) is -0.244. The van der Waals surface area contributed by atoms with Gasteiger partial charge in [0, 0.05) is 20.7 Å². The zero-order chi connectivity index (χ0) is 13.4. The molecule has 6 heteroatoms. The van der Waals surface area contributed by atoms with Crippen molar-refractivity contribution in [1.29, 1.82) is 0 Å². The normalized spacial score (nSPS) is 16.1. The molecule has 3 unspecified atom stereocenters. The van der Waals surface area contributed by atoms with Crippen molar-refractivity contribution in [1.82, 2.24) is 10.2 Å². The maximum atomic E-state index is 9.62. The number of hydrogen-bond acceptors (Lipinski definition) is 4. The average molecular weight is 264 g/mol. The molecule has 0 fully saturated rings. The molecule has 3 atom stereocenters. The van der Waals surface area contributed by atoms with Crippen molar-refractivity contribution in [3.8, 4) is 0 Å². The first-order chi connectivity index (χ1) is 7.88. The van der Waals surface area contributed by atoms with Gasteiger partial charge in [-0.15, -0.1) is 0 Å².